The Labute approximate surface area is 95.1 Å². The Hall–Kier alpha value is -0.575. The van der Waals surface area contributed by atoms with Gasteiger partial charge in [-0.15, -0.1) is 0 Å². The van der Waals surface area contributed by atoms with Crippen molar-refractivity contribution >= 4 is 39.5 Å². The van der Waals surface area contributed by atoms with Crippen molar-refractivity contribution in [2.45, 2.75) is 5.30 Å². The van der Waals surface area contributed by atoms with Gasteiger partial charge in [0.1, 0.15) is 30.6 Å². The van der Waals surface area contributed by atoms with Gasteiger partial charge in [-0.2, -0.15) is 0 Å². The molecule has 0 spiro atoms. The molecule has 66 valence electrons. The van der Waals surface area contributed by atoms with Crippen LogP contribution in [0.25, 0.3) is 0 Å². The fraction of sp³-hybridized carbons (Fsp3) is 0.286. The first-order valence-electron chi connectivity index (χ1n) is 3.74. The summed E-state index contributed by atoms with van der Waals surface area (Å²) in [4.78, 5) is 4.97. The Morgan fingerprint density at radius 1 is 1.36 bits per heavy atom. The van der Waals surface area contributed by atoms with E-state index in [0.29, 0.717) is 5.75 Å². The molecule has 0 aliphatic rings. The van der Waals surface area contributed by atoms with Crippen molar-refractivity contribution in [2.24, 2.45) is 0 Å². The minimum Gasteiger partial charge on any atom is -0.511 e. The lowest BCUT2D eigenvalue weighted by Gasteiger charge is -2.21. The highest BCUT2D eigenvalue weighted by Gasteiger charge is 2.15. The molecule has 1 heterocycles. The first kappa shape index (κ1) is 11.5. The molecule has 0 saturated carbocycles. The average Bonchev–Trinajstić information content (AvgIpc) is 2.06. The lowest BCUT2D eigenvalue weighted by Crippen LogP contribution is -2.43. The number of aromatic nitrogens is 1. The highest BCUT2D eigenvalue weighted by molar-refractivity contribution is 9.10. The number of ether oxygens (including phenoxy) is 1. The standard InChI is InChI=1S/C7H6B3BrNO2/c1-13-12-4-5(2-3-6(12)11)14-7(8,9)10/h2-4H,1H3/q+1. The van der Waals surface area contributed by atoms with Crippen LogP contribution in [0.5, 0.6) is 5.75 Å². The van der Waals surface area contributed by atoms with Crippen LogP contribution < -0.4 is 14.3 Å². The van der Waals surface area contributed by atoms with Crippen molar-refractivity contribution in [1.82, 2.24) is 0 Å². The van der Waals surface area contributed by atoms with Crippen LogP contribution >= 0.6 is 15.9 Å². The Bertz CT molecular complexity index is 329. The van der Waals surface area contributed by atoms with Crippen molar-refractivity contribution in [3.8, 4) is 5.75 Å². The summed E-state index contributed by atoms with van der Waals surface area (Å²) in [6.45, 7) is 0. The van der Waals surface area contributed by atoms with Crippen LogP contribution in [0.1, 0.15) is 0 Å². The molecule has 0 fully saturated rings. The van der Waals surface area contributed by atoms with E-state index >= 15 is 0 Å². The van der Waals surface area contributed by atoms with E-state index in [2.05, 4.69) is 15.9 Å². The number of halogens is 1. The van der Waals surface area contributed by atoms with Crippen LogP contribution in [0.3, 0.4) is 0 Å². The zero-order valence-electron chi connectivity index (χ0n) is 7.61. The molecule has 3 nitrogen and oxygen atoms in total. The van der Waals surface area contributed by atoms with Crippen molar-refractivity contribution in [2.75, 3.05) is 7.11 Å². The average molecular weight is 248 g/mol. The highest BCUT2D eigenvalue weighted by Crippen LogP contribution is 2.13. The molecule has 7 heteroatoms. The predicted molar refractivity (Wildman–Crippen MR) is 57.5 cm³/mol. The van der Waals surface area contributed by atoms with Gasteiger partial charge in [-0.1, -0.05) is 0 Å². The Kier molecular flexibility index (Phi) is 3.53. The third-order valence-corrected chi connectivity index (χ3v) is 1.95. The van der Waals surface area contributed by atoms with E-state index in [4.69, 9.17) is 33.1 Å². The van der Waals surface area contributed by atoms with Crippen molar-refractivity contribution in [1.29, 1.82) is 0 Å². The van der Waals surface area contributed by atoms with Gasteiger partial charge in [-0.05, 0) is 11.4 Å². The van der Waals surface area contributed by atoms with Gasteiger partial charge in [0.05, 0.1) is 0 Å². The molecule has 0 aromatic carbocycles. The van der Waals surface area contributed by atoms with Crippen LogP contribution in [-0.2, 0) is 0 Å². The maximum Gasteiger partial charge on any atom is 0.299 e. The van der Waals surface area contributed by atoms with Crippen molar-refractivity contribution < 1.29 is 14.3 Å². The topological polar surface area (TPSA) is 22.3 Å². The van der Waals surface area contributed by atoms with Gasteiger partial charge in [-0.25, -0.2) is 0 Å². The molecule has 1 rings (SSSR count). The Morgan fingerprint density at radius 2 is 2.00 bits per heavy atom. The second kappa shape index (κ2) is 4.30. The fourth-order valence-electron chi connectivity index (χ4n) is 0.849. The largest absolute Gasteiger partial charge is 0.511 e. The van der Waals surface area contributed by atoms with Gasteiger partial charge in [0, 0.05) is 26.7 Å². The lowest BCUT2D eigenvalue weighted by atomic mass is 9.52. The third kappa shape index (κ3) is 3.29. The summed E-state index contributed by atoms with van der Waals surface area (Å²) in [5.74, 6) is 0.405. The first-order valence-corrected chi connectivity index (χ1v) is 4.53. The van der Waals surface area contributed by atoms with Crippen LogP contribution in [-0.4, -0.2) is 35.9 Å². The normalized spacial score (nSPS) is 11.0. The van der Waals surface area contributed by atoms with E-state index in [1.54, 1.807) is 18.3 Å². The summed E-state index contributed by atoms with van der Waals surface area (Å²) in [5, 5.41) is -1.70. The summed E-state index contributed by atoms with van der Waals surface area (Å²) in [6.07, 6.45) is 1.55. The fourth-order valence-corrected chi connectivity index (χ4v) is 1.23. The molecular formula is C7H6B3BrNO2+. The number of pyridine rings is 1. The SMILES string of the molecule is [B]C([B])([B])Oc1ccc(Br)[n+](OC)c1. The monoisotopic (exact) mass is 248 g/mol. The van der Waals surface area contributed by atoms with Crippen LogP contribution in [0.15, 0.2) is 22.9 Å². The molecule has 1 aromatic rings. The van der Waals surface area contributed by atoms with Crippen molar-refractivity contribution in [3.63, 3.8) is 0 Å². The van der Waals surface area contributed by atoms with Crippen LogP contribution in [0, 0.1) is 0 Å². The van der Waals surface area contributed by atoms with Gasteiger partial charge in [-0.3, -0.25) is 4.84 Å². The van der Waals surface area contributed by atoms with E-state index in [1.807, 2.05) is 0 Å². The van der Waals surface area contributed by atoms with Crippen LogP contribution in [0.2, 0.25) is 0 Å². The number of nitrogens with zero attached hydrogens (tertiary/aromatic N) is 1. The lowest BCUT2D eigenvalue weighted by molar-refractivity contribution is -0.893. The molecule has 0 amide bonds. The maximum atomic E-state index is 5.27. The molecule has 0 N–H and O–H groups in total. The zero-order chi connectivity index (χ0) is 10.8. The molecule has 0 bridgehead atoms. The number of rotatable bonds is 3. The summed E-state index contributed by atoms with van der Waals surface area (Å²) in [7, 11) is 17.3. The summed E-state index contributed by atoms with van der Waals surface area (Å²) < 4.78 is 7.17. The molecule has 14 heavy (non-hydrogen) atoms. The van der Waals surface area contributed by atoms with Crippen LogP contribution in [0.4, 0.5) is 0 Å². The smallest absolute Gasteiger partial charge is 0.299 e. The van der Waals surface area contributed by atoms with E-state index in [-0.39, 0.29) is 0 Å². The molecule has 0 saturated heterocycles. The van der Waals surface area contributed by atoms with Gasteiger partial charge in [0.25, 0.3) is 10.8 Å². The quantitative estimate of drug-likeness (QED) is 0.401. The molecule has 0 unspecified atom stereocenters. The highest BCUT2D eigenvalue weighted by atomic mass is 79.9. The predicted octanol–water partition coefficient (Wildman–Crippen LogP) is -0.709. The molecular weight excluding hydrogens is 242 g/mol. The van der Waals surface area contributed by atoms with Crippen molar-refractivity contribution in [3.05, 3.63) is 22.9 Å². The summed E-state index contributed by atoms with van der Waals surface area (Å²) in [6, 6.07) is 3.37. The summed E-state index contributed by atoms with van der Waals surface area (Å²) in [5.41, 5.74) is 0. The molecule has 0 atom stereocenters. The van der Waals surface area contributed by atoms with E-state index < -0.39 is 5.30 Å². The summed E-state index contributed by atoms with van der Waals surface area (Å²) >= 11 is 3.26. The molecule has 0 aliphatic carbocycles. The second-order valence-electron chi connectivity index (χ2n) is 2.65. The van der Waals surface area contributed by atoms with Gasteiger partial charge >= 0.3 is 0 Å². The molecule has 0 aliphatic heterocycles. The molecule has 6 radical (unpaired) electrons. The Morgan fingerprint density at radius 3 is 2.50 bits per heavy atom. The van der Waals surface area contributed by atoms with Gasteiger partial charge in [0.2, 0.25) is 0 Å². The number of hydrogen-bond acceptors (Lipinski definition) is 2. The van der Waals surface area contributed by atoms with Gasteiger partial charge < -0.3 is 4.74 Å². The maximum absolute atomic E-state index is 5.27. The third-order valence-electron chi connectivity index (χ3n) is 1.33. The Balaban J connectivity index is 2.90. The first-order chi connectivity index (χ1) is 6.42. The van der Waals surface area contributed by atoms with Gasteiger partial charge in [0.15, 0.2) is 5.75 Å². The second-order valence-corrected chi connectivity index (χ2v) is 3.46. The number of hydrogen-bond donors (Lipinski definition) is 0. The minimum atomic E-state index is -1.70. The van der Waals surface area contributed by atoms with E-state index in [9.17, 15) is 0 Å². The molecule has 1 aromatic heterocycles. The minimum absolute atomic E-state index is 0.405. The van der Waals surface area contributed by atoms with E-state index in [1.165, 1.54) is 11.8 Å². The zero-order valence-corrected chi connectivity index (χ0v) is 9.19. The van der Waals surface area contributed by atoms with E-state index in [0.717, 1.165) is 4.60 Å².